The highest BCUT2D eigenvalue weighted by Gasteiger charge is 2.12. The van der Waals surface area contributed by atoms with E-state index in [1.807, 2.05) is 6.92 Å². The van der Waals surface area contributed by atoms with E-state index >= 15 is 0 Å². The van der Waals surface area contributed by atoms with Gasteiger partial charge < -0.3 is 11.1 Å². The Hall–Kier alpha value is -0.620. The summed E-state index contributed by atoms with van der Waals surface area (Å²) in [6.07, 6.45) is 2.58. The van der Waals surface area contributed by atoms with Gasteiger partial charge in [0.2, 0.25) is 5.91 Å². The van der Waals surface area contributed by atoms with Crippen LogP contribution in [0.1, 0.15) is 19.8 Å². The molecule has 14 heavy (non-hydrogen) atoms. The SMILES string of the molecule is CCC[C@H](N)C(=O)NCCS(C)(=O)=O. The second kappa shape index (κ2) is 5.98. The topological polar surface area (TPSA) is 89.3 Å². The van der Waals surface area contributed by atoms with E-state index in [1.165, 1.54) is 0 Å². The number of carbonyl (C=O) groups excluding carboxylic acids is 1. The average molecular weight is 222 g/mol. The Morgan fingerprint density at radius 2 is 2.07 bits per heavy atom. The Labute approximate surface area is 85.0 Å². The van der Waals surface area contributed by atoms with Crippen LogP contribution in [0.4, 0.5) is 0 Å². The summed E-state index contributed by atoms with van der Waals surface area (Å²) < 4.78 is 21.5. The van der Waals surface area contributed by atoms with Crippen molar-refractivity contribution >= 4 is 15.7 Å². The zero-order valence-corrected chi connectivity index (χ0v) is 9.43. The number of nitrogens with two attached hydrogens (primary N) is 1. The molecule has 0 aliphatic heterocycles. The highest BCUT2D eigenvalue weighted by Crippen LogP contribution is 1.92. The summed E-state index contributed by atoms with van der Waals surface area (Å²) in [4.78, 5) is 11.2. The third-order valence-corrected chi connectivity index (χ3v) is 2.65. The third kappa shape index (κ3) is 6.85. The van der Waals surface area contributed by atoms with Gasteiger partial charge in [0.05, 0.1) is 11.8 Å². The molecule has 0 radical (unpaired) electrons. The van der Waals surface area contributed by atoms with Gasteiger partial charge in [0.15, 0.2) is 0 Å². The monoisotopic (exact) mass is 222 g/mol. The van der Waals surface area contributed by atoms with Crippen LogP contribution < -0.4 is 11.1 Å². The molecule has 1 amide bonds. The van der Waals surface area contributed by atoms with Crippen LogP contribution in [0.3, 0.4) is 0 Å². The van der Waals surface area contributed by atoms with E-state index in [4.69, 9.17) is 5.73 Å². The number of hydrogen-bond acceptors (Lipinski definition) is 4. The van der Waals surface area contributed by atoms with Gasteiger partial charge in [-0.3, -0.25) is 4.79 Å². The van der Waals surface area contributed by atoms with E-state index in [1.54, 1.807) is 0 Å². The van der Waals surface area contributed by atoms with Crippen LogP contribution in [-0.4, -0.2) is 38.9 Å². The molecular weight excluding hydrogens is 204 g/mol. The normalized spacial score (nSPS) is 13.6. The average Bonchev–Trinajstić information content (AvgIpc) is 2.02. The van der Waals surface area contributed by atoms with Gasteiger partial charge in [-0.05, 0) is 6.42 Å². The Balaban J connectivity index is 3.75. The van der Waals surface area contributed by atoms with Gasteiger partial charge in [0.1, 0.15) is 9.84 Å². The van der Waals surface area contributed by atoms with Gasteiger partial charge in [-0.25, -0.2) is 8.42 Å². The fourth-order valence-corrected chi connectivity index (χ4v) is 1.41. The number of rotatable bonds is 6. The summed E-state index contributed by atoms with van der Waals surface area (Å²) in [6.45, 7) is 2.07. The molecule has 0 heterocycles. The lowest BCUT2D eigenvalue weighted by atomic mass is 10.2. The van der Waals surface area contributed by atoms with Crippen molar-refractivity contribution in [2.75, 3.05) is 18.6 Å². The van der Waals surface area contributed by atoms with Gasteiger partial charge in [0.25, 0.3) is 0 Å². The van der Waals surface area contributed by atoms with Crippen molar-refractivity contribution in [3.05, 3.63) is 0 Å². The van der Waals surface area contributed by atoms with Crippen LogP contribution in [0.25, 0.3) is 0 Å². The summed E-state index contributed by atoms with van der Waals surface area (Å²) in [6, 6.07) is -0.528. The Bertz CT molecular complexity index is 274. The summed E-state index contributed by atoms with van der Waals surface area (Å²) in [7, 11) is -3.01. The van der Waals surface area contributed by atoms with E-state index in [2.05, 4.69) is 5.32 Å². The van der Waals surface area contributed by atoms with Crippen molar-refractivity contribution < 1.29 is 13.2 Å². The van der Waals surface area contributed by atoms with Crippen LogP contribution >= 0.6 is 0 Å². The minimum atomic E-state index is -3.01. The van der Waals surface area contributed by atoms with E-state index in [0.29, 0.717) is 6.42 Å². The molecule has 3 N–H and O–H groups in total. The molecule has 0 aromatic heterocycles. The van der Waals surface area contributed by atoms with Crippen molar-refractivity contribution in [2.45, 2.75) is 25.8 Å². The van der Waals surface area contributed by atoms with Crippen LogP contribution in [-0.2, 0) is 14.6 Å². The van der Waals surface area contributed by atoms with Gasteiger partial charge in [-0.2, -0.15) is 0 Å². The van der Waals surface area contributed by atoms with Gasteiger partial charge in [-0.15, -0.1) is 0 Å². The highest BCUT2D eigenvalue weighted by molar-refractivity contribution is 7.90. The number of amides is 1. The molecule has 5 nitrogen and oxygen atoms in total. The first-order valence-corrected chi connectivity index (χ1v) is 6.64. The van der Waals surface area contributed by atoms with Gasteiger partial charge in [-0.1, -0.05) is 13.3 Å². The second-order valence-electron chi connectivity index (χ2n) is 3.32. The molecule has 0 fully saturated rings. The Morgan fingerprint density at radius 3 is 2.50 bits per heavy atom. The molecule has 0 bridgehead atoms. The first kappa shape index (κ1) is 13.4. The minimum Gasteiger partial charge on any atom is -0.354 e. The lowest BCUT2D eigenvalue weighted by Crippen LogP contribution is -2.42. The number of hydrogen-bond donors (Lipinski definition) is 2. The van der Waals surface area contributed by atoms with Crippen molar-refractivity contribution in [3.8, 4) is 0 Å². The van der Waals surface area contributed by atoms with Crippen LogP contribution in [0.15, 0.2) is 0 Å². The highest BCUT2D eigenvalue weighted by atomic mass is 32.2. The second-order valence-corrected chi connectivity index (χ2v) is 5.58. The molecule has 0 saturated carbocycles. The van der Waals surface area contributed by atoms with Crippen molar-refractivity contribution in [1.29, 1.82) is 0 Å². The molecule has 0 aliphatic rings. The number of nitrogens with one attached hydrogen (secondary N) is 1. The first-order valence-electron chi connectivity index (χ1n) is 4.58. The predicted molar refractivity (Wildman–Crippen MR) is 55.6 cm³/mol. The van der Waals surface area contributed by atoms with E-state index in [9.17, 15) is 13.2 Å². The molecule has 1 atom stereocenters. The molecule has 84 valence electrons. The predicted octanol–water partition coefficient (Wildman–Crippen LogP) is -0.725. The maximum Gasteiger partial charge on any atom is 0.236 e. The summed E-state index contributed by atoms with van der Waals surface area (Å²) in [5.74, 6) is -0.326. The molecule has 0 aromatic rings. The Kier molecular flexibility index (Phi) is 5.71. The van der Waals surface area contributed by atoms with Crippen LogP contribution in [0.2, 0.25) is 0 Å². The Morgan fingerprint density at radius 1 is 1.50 bits per heavy atom. The smallest absolute Gasteiger partial charge is 0.236 e. The molecule has 0 spiro atoms. The van der Waals surface area contributed by atoms with E-state index < -0.39 is 15.9 Å². The van der Waals surface area contributed by atoms with Crippen molar-refractivity contribution in [2.24, 2.45) is 5.73 Å². The zero-order chi connectivity index (χ0) is 11.2. The van der Waals surface area contributed by atoms with Crippen LogP contribution in [0, 0.1) is 0 Å². The van der Waals surface area contributed by atoms with Crippen molar-refractivity contribution in [3.63, 3.8) is 0 Å². The fourth-order valence-electron chi connectivity index (χ4n) is 0.933. The lowest BCUT2D eigenvalue weighted by Gasteiger charge is -2.10. The van der Waals surface area contributed by atoms with Crippen LogP contribution in [0.5, 0.6) is 0 Å². The van der Waals surface area contributed by atoms with Crippen molar-refractivity contribution in [1.82, 2.24) is 5.32 Å². The number of carbonyl (C=O) groups is 1. The molecule has 0 unspecified atom stereocenters. The number of sulfone groups is 1. The standard InChI is InChI=1S/C8H18N2O3S/c1-3-4-7(9)8(11)10-5-6-14(2,12)13/h7H,3-6,9H2,1-2H3,(H,10,11)/t7-/m0/s1. The molecular formula is C8H18N2O3S. The first-order chi connectivity index (χ1) is 6.37. The summed E-state index contributed by atoms with van der Waals surface area (Å²) in [5, 5.41) is 2.48. The molecule has 6 heteroatoms. The van der Waals surface area contributed by atoms with Gasteiger partial charge >= 0.3 is 0 Å². The largest absolute Gasteiger partial charge is 0.354 e. The minimum absolute atomic E-state index is 0.0441. The van der Waals surface area contributed by atoms with E-state index in [-0.39, 0.29) is 18.2 Å². The quantitative estimate of drug-likeness (QED) is 0.620. The van der Waals surface area contributed by atoms with E-state index in [0.717, 1.165) is 12.7 Å². The maximum atomic E-state index is 11.2. The lowest BCUT2D eigenvalue weighted by molar-refractivity contribution is -0.122. The molecule has 0 aliphatic carbocycles. The molecule has 0 rings (SSSR count). The van der Waals surface area contributed by atoms with Gasteiger partial charge in [0, 0.05) is 12.8 Å². The summed E-state index contributed by atoms with van der Waals surface area (Å²) >= 11 is 0. The molecule has 0 aromatic carbocycles. The molecule has 0 saturated heterocycles. The zero-order valence-electron chi connectivity index (χ0n) is 8.62. The maximum absolute atomic E-state index is 11.2. The fraction of sp³-hybridized carbons (Fsp3) is 0.875. The summed E-state index contributed by atoms with van der Waals surface area (Å²) in [5.41, 5.74) is 5.52. The third-order valence-electron chi connectivity index (χ3n) is 1.71.